The number of benzene rings is 2. The van der Waals surface area contributed by atoms with Gasteiger partial charge >= 0.3 is 0 Å². The van der Waals surface area contributed by atoms with E-state index >= 15 is 0 Å². The first kappa shape index (κ1) is 14.6. The molecule has 106 valence electrons. The molecular weight excluding hydrogens is 248 g/mol. The van der Waals surface area contributed by atoms with Crippen LogP contribution in [0.4, 0.5) is 0 Å². The van der Waals surface area contributed by atoms with Crippen molar-refractivity contribution in [1.29, 1.82) is 0 Å². The lowest BCUT2D eigenvalue weighted by Crippen LogP contribution is -1.98. The molecular formula is C18H22O2. The number of methoxy groups -OCH3 is 1. The van der Waals surface area contributed by atoms with Crippen molar-refractivity contribution in [2.24, 2.45) is 0 Å². The van der Waals surface area contributed by atoms with Crippen LogP contribution in [0.15, 0.2) is 48.5 Å². The van der Waals surface area contributed by atoms with Crippen molar-refractivity contribution in [2.75, 3.05) is 13.9 Å². The van der Waals surface area contributed by atoms with Gasteiger partial charge in [0.05, 0.1) is 0 Å². The van der Waals surface area contributed by atoms with E-state index in [1.165, 1.54) is 16.7 Å². The third kappa shape index (κ3) is 4.10. The summed E-state index contributed by atoms with van der Waals surface area (Å²) >= 11 is 0. The second-order valence-electron chi connectivity index (χ2n) is 5.27. The first-order chi connectivity index (χ1) is 9.69. The molecule has 0 spiro atoms. The molecule has 0 N–H and O–H groups in total. The van der Waals surface area contributed by atoms with Crippen LogP contribution in [0, 0.1) is 0 Å². The number of ether oxygens (including phenoxy) is 2. The highest BCUT2D eigenvalue weighted by molar-refractivity contribution is 5.33. The summed E-state index contributed by atoms with van der Waals surface area (Å²) in [6.07, 6.45) is 0.947. The van der Waals surface area contributed by atoms with Crippen LogP contribution in [-0.2, 0) is 11.2 Å². The van der Waals surface area contributed by atoms with Gasteiger partial charge in [-0.3, -0.25) is 0 Å². The van der Waals surface area contributed by atoms with E-state index in [0.717, 1.165) is 12.2 Å². The average molecular weight is 270 g/mol. The van der Waals surface area contributed by atoms with Gasteiger partial charge in [0.25, 0.3) is 0 Å². The Labute approximate surface area is 121 Å². The minimum absolute atomic E-state index is 0.288. The summed E-state index contributed by atoms with van der Waals surface area (Å²) in [5.41, 5.74) is 4.00. The van der Waals surface area contributed by atoms with Crippen LogP contribution in [0.1, 0.15) is 36.5 Å². The van der Waals surface area contributed by atoms with Crippen molar-refractivity contribution < 1.29 is 9.47 Å². The van der Waals surface area contributed by atoms with Gasteiger partial charge in [0.1, 0.15) is 5.75 Å². The maximum absolute atomic E-state index is 5.38. The topological polar surface area (TPSA) is 18.5 Å². The Kier molecular flexibility index (Phi) is 5.19. The van der Waals surface area contributed by atoms with Crippen LogP contribution < -0.4 is 4.74 Å². The number of rotatable bonds is 6. The van der Waals surface area contributed by atoms with Crippen LogP contribution in [0.5, 0.6) is 5.75 Å². The van der Waals surface area contributed by atoms with Crippen LogP contribution in [0.3, 0.4) is 0 Å². The van der Waals surface area contributed by atoms with E-state index in [0.29, 0.717) is 5.92 Å². The smallest absolute Gasteiger partial charge is 0.188 e. The van der Waals surface area contributed by atoms with E-state index in [4.69, 9.17) is 9.47 Å². The lowest BCUT2D eigenvalue weighted by molar-refractivity contribution is 0.0511. The predicted octanol–water partition coefficient (Wildman–Crippen LogP) is 4.38. The van der Waals surface area contributed by atoms with E-state index in [1.807, 2.05) is 12.1 Å². The molecule has 2 aromatic carbocycles. The highest BCUT2D eigenvalue weighted by Gasteiger charge is 2.01. The summed E-state index contributed by atoms with van der Waals surface area (Å²) in [4.78, 5) is 0. The Morgan fingerprint density at radius 3 is 1.90 bits per heavy atom. The minimum atomic E-state index is 0.288. The number of hydrogen-bond acceptors (Lipinski definition) is 2. The molecule has 20 heavy (non-hydrogen) atoms. The normalized spacial score (nSPS) is 10.8. The van der Waals surface area contributed by atoms with E-state index in [1.54, 1.807) is 7.11 Å². The van der Waals surface area contributed by atoms with Crippen molar-refractivity contribution in [1.82, 2.24) is 0 Å². The molecule has 0 bridgehead atoms. The molecule has 2 aromatic rings. The predicted molar refractivity (Wildman–Crippen MR) is 82.3 cm³/mol. The summed E-state index contributed by atoms with van der Waals surface area (Å²) < 4.78 is 10.3. The van der Waals surface area contributed by atoms with Crippen LogP contribution >= 0.6 is 0 Å². The molecule has 2 heteroatoms. The van der Waals surface area contributed by atoms with Gasteiger partial charge in [-0.2, -0.15) is 0 Å². The molecule has 0 atom stereocenters. The van der Waals surface area contributed by atoms with E-state index in [-0.39, 0.29) is 6.79 Å². The second kappa shape index (κ2) is 7.11. The van der Waals surface area contributed by atoms with Crippen LogP contribution in [0.25, 0.3) is 0 Å². The van der Waals surface area contributed by atoms with Crippen molar-refractivity contribution in [3.63, 3.8) is 0 Å². The van der Waals surface area contributed by atoms with Crippen molar-refractivity contribution >= 4 is 0 Å². The molecule has 0 saturated heterocycles. The fraction of sp³-hybridized carbons (Fsp3) is 0.333. The largest absolute Gasteiger partial charge is 0.468 e. The standard InChI is InChI=1S/C18H22O2/c1-14(2)17-8-4-15(5-9-17)12-16-6-10-18(11-7-16)20-13-19-3/h4-11,14H,12-13H2,1-3H3. The first-order valence-corrected chi connectivity index (χ1v) is 6.98. The average Bonchev–Trinajstić information content (AvgIpc) is 2.47. The fourth-order valence-corrected chi connectivity index (χ4v) is 2.09. The molecule has 2 nitrogen and oxygen atoms in total. The van der Waals surface area contributed by atoms with Gasteiger partial charge in [-0.25, -0.2) is 0 Å². The molecule has 0 radical (unpaired) electrons. The zero-order chi connectivity index (χ0) is 14.4. The summed E-state index contributed by atoms with van der Waals surface area (Å²) in [5, 5.41) is 0. The summed E-state index contributed by atoms with van der Waals surface area (Å²) in [6, 6.07) is 17.0. The Balaban J connectivity index is 1.98. The van der Waals surface area contributed by atoms with Gasteiger partial charge in [-0.15, -0.1) is 0 Å². The molecule has 0 aromatic heterocycles. The lowest BCUT2D eigenvalue weighted by atomic mass is 9.99. The van der Waals surface area contributed by atoms with E-state index < -0.39 is 0 Å². The monoisotopic (exact) mass is 270 g/mol. The molecule has 0 fully saturated rings. The van der Waals surface area contributed by atoms with Crippen molar-refractivity contribution in [2.45, 2.75) is 26.2 Å². The van der Waals surface area contributed by atoms with Gasteiger partial charge in [0, 0.05) is 7.11 Å². The van der Waals surface area contributed by atoms with Gasteiger partial charge in [0.15, 0.2) is 6.79 Å². The van der Waals surface area contributed by atoms with Gasteiger partial charge in [-0.05, 0) is 41.2 Å². The Hall–Kier alpha value is -1.80. The van der Waals surface area contributed by atoms with Gasteiger partial charge < -0.3 is 9.47 Å². The minimum Gasteiger partial charge on any atom is -0.468 e. The maximum Gasteiger partial charge on any atom is 0.188 e. The molecule has 0 unspecified atom stereocenters. The zero-order valence-electron chi connectivity index (χ0n) is 12.4. The first-order valence-electron chi connectivity index (χ1n) is 6.98. The lowest BCUT2D eigenvalue weighted by Gasteiger charge is -2.08. The van der Waals surface area contributed by atoms with E-state index in [2.05, 4.69) is 50.2 Å². The SMILES string of the molecule is COCOc1ccc(Cc2ccc(C(C)C)cc2)cc1. The summed E-state index contributed by atoms with van der Waals surface area (Å²) in [7, 11) is 1.62. The van der Waals surface area contributed by atoms with Crippen LogP contribution in [-0.4, -0.2) is 13.9 Å². The molecule has 0 amide bonds. The highest BCUT2D eigenvalue weighted by atomic mass is 16.7. The fourth-order valence-electron chi connectivity index (χ4n) is 2.09. The van der Waals surface area contributed by atoms with Gasteiger partial charge in [0.2, 0.25) is 0 Å². The van der Waals surface area contributed by atoms with Crippen LogP contribution in [0.2, 0.25) is 0 Å². The molecule has 0 saturated carbocycles. The molecule has 2 rings (SSSR count). The van der Waals surface area contributed by atoms with Gasteiger partial charge in [-0.1, -0.05) is 50.2 Å². The molecule has 0 aliphatic heterocycles. The summed E-state index contributed by atoms with van der Waals surface area (Å²) in [6.45, 7) is 4.72. The summed E-state index contributed by atoms with van der Waals surface area (Å²) in [5.74, 6) is 1.42. The Morgan fingerprint density at radius 2 is 1.40 bits per heavy atom. The zero-order valence-corrected chi connectivity index (χ0v) is 12.4. The quantitative estimate of drug-likeness (QED) is 0.725. The molecule has 0 aliphatic rings. The number of hydrogen-bond donors (Lipinski definition) is 0. The second-order valence-corrected chi connectivity index (χ2v) is 5.27. The van der Waals surface area contributed by atoms with Crippen molar-refractivity contribution in [3.8, 4) is 5.75 Å². The Bertz CT molecular complexity index is 512. The highest BCUT2D eigenvalue weighted by Crippen LogP contribution is 2.18. The maximum atomic E-state index is 5.38. The third-order valence-corrected chi connectivity index (χ3v) is 3.32. The third-order valence-electron chi connectivity index (χ3n) is 3.32. The Morgan fingerprint density at radius 1 is 0.850 bits per heavy atom. The van der Waals surface area contributed by atoms with E-state index in [9.17, 15) is 0 Å². The van der Waals surface area contributed by atoms with Crippen molar-refractivity contribution in [3.05, 3.63) is 65.2 Å². The molecule has 0 heterocycles. The molecule has 0 aliphatic carbocycles.